The van der Waals surface area contributed by atoms with Crippen molar-refractivity contribution in [1.29, 1.82) is 0 Å². The molecule has 0 radical (unpaired) electrons. The van der Waals surface area contributed by atoms with Gasteiger partial charge in [0.25, 0.3) is 0 Å². The molecule has 120 valence electrons. The Balaban J connectivity index is 1.56. The van der Waals surface area contributed by atoms with E-state index in [2.05, 4.69) is 4.90 Å². The first-order valence-electron chi connectivity index (χ1n) is 7.74. The number of hydrogen-bond donors (Lipinski definition) is 1. The lowest BCUT2D eigenvalue weighted by molar-refractivity contribution is -0.130. The molecule has 4 nitrogen and oxygen atoms in total. The number of carbonyl (C=O) groups is 1. The molecule has 0 unspecified atom stereocenters. The molecule has 2 N–H and O–H groups in total. The van der Waals surface area contributed by atoms with Gasteiger partial charge in [-0.2, -0.15) is 0 Å². The van der Waals surface area contributed by atoms with Gasteiger partial charge in [0, 0.05) is 37.6 Å². The van der Waals surface area contributed by atoms with Gasteiger partial charge < -0.3 is 15.5 Å². The largest absolute Gasteiger partial charge is 0.399 e. The summed E-state index contributed by atoms with van der Waals surface area (Å²) < 4.78 is 13.0. The number of nitrogens with zero attached hydrogens (tertiary/aromatic N) is 2. The van der Waals surface area contributed by atoms with Crippen LogP contribution >= 0.6 is 0 Å². The van der Waals surface area contributed by atoms with Crippen LogP contribution in [-0.2, 0) is 11.2 Å². The number of piperazine rings is 1. The first kappa shape index (κ1) is 15.3. The average Bonchev–Trinajstić information content (AvgIpc) is 2.56. The van der Waals surface area contributed by atoms with Crippen LogP contribution in [0.1, 0.15) is 5.56 Å². The minimum atomic E-state index is -0.232. The van der Waals surface area contributed by atoms with E-state index in [1.807, 2.05) is 29.2 Å². The smallest absolute Gasteiger partial charge is 0.227 e. The van der Waals surface area contributed by atoms with Gasteiger partial charge in [-0.1, -0.05) is 12.1 Å². The number of nitrogens with two attached hydrogens (primary N) is 1. The monoisotopic (exact) mass is 313 g/mol. The van der Waals surface area contributed by atoms with Gasteiger partial charge in [-0.25, -0.2) is 4.39 Å². The molecule has 1 aliphatic heterocycles. The van der Waals surface area contributed by atoms with E-state index >= 15 is 0 Å². The number of nitrogen functional groups attached to an aromatic ring is 1. The van der Waals surface area contributed by atoms with Crippen molar-refractivity contribution in [2.24, 2.45) is 0 Å². The van der Waals surface area contributed by atoms with Gasteiger partial charge in [0.1, 0.15) is 5.82 Å². The maximum absolute atomic E-state index is 13.0. The van der Waals surface area contributed by atoms with Crippen molar-refractivity contribution in [2.75, 3.05) is 36.8 Å². The lowest BCUT2D eigenvalue weighted by Crippen LogP contribution is -2.49. The van der Waals surface area contributed by atoms with E-state index in [4.69, 9.17) is 5.73 Å². The topological polar surface area (TPSA) is 49.6 Å². The highest BCUT2D eigenvalue weighted by atomic mass is 19.1. The molecule has 1 saturated heterocycles. The van der Waals surface area contributed by atoms with E-state index in [0.717, 1.165) is 24.3 Å². The molecule has 0 atom stereocenters. The fourth-order valence-corrected chi connectivity index (χ4v) is 2.86. The van der Waals surface area contributed by atoms with Crippen LogP contribution in [0.4, 0.5) is 15.8 Å². The Hall–Kier alpha value is -2.56. The van der Waals surface area contributed by atoms with Crippen molar-refractivity contribution in [2.45, 2.75) is 6.42 Å². The van der Waals surface area contributed by atoms with Gasteiger partial charge in [-0.15, -0.1) is 0 Å². The summed E-state index contributed by atoms with van der Waals surface area (Å²) in [5, 5.41) is 0. The van der Waals surface area contributed by atoms with E-state index in [-0.39, 0.29) is 11.7 Å². The Labute approximate surface area is 135 Å². The van der Waals surface area contributed by atoms with Gasteiger partial charge in [-0.3, -0.25) is 4.79 Å². The summed E-state index contributed by atoms with van der Waals surface area (Å²) >= 11 is 0. The first-order chi connectivity index (χ1) is 11.1. The first-order valence-corrected chi connectivity index (χ1v) is 7.74. The summed E-state index contributed by atoms with van der Waals surface area (Å²) in [5.41, 5.74) is 8.36. The molecule has 1 heterocycles. The minimum Gasteiger partial charge on any atom is -0.399 e. The molecular weight excluding hydrogens is 293 g/mol. The molecule has 1 aliphatic rings. The summed E-state index contributed by atoms with van der Waals surface area (Å²) in [6.45, 7) is 2.87. The highest BCUT2D eigenvalue weighted by Gasteiger charge is 2.21. The van der Waals surface area contributed by atoms with Crippen molar-refractivity contribution in [1.82, 2.24) is 4.90 Å². The van der Waals surface area contributed by atoms with E-state index in [9.17, 15) is 9.18 Å². The van der Waals surface area contributed by atoms with E-state index in [0.29, 0.717) is 25.2 Å². The van der Waals surface area contributed by atoms with Crippen LogP contribution in [0.15, 0.2) is 48.5 Å². The predicted molar refractivity (Wildman–Crippen MR) is 89.8 cm³/mol. The van der Waals surface area contributed by atoms with Gasteiger partial charge in [0.05, 0.1) is 6.42 Å². The highest BCUT2D eigenvalue weighted by Crippen LogP contribution is 2.17. The highest BCUT2D eigenvalue weighted by molar-refractivity contribution is 5.79. The van der Waals surface area contributed by atoms with Gasteiger partial charge in [0.2, 0.25) is 5.91 Å². The number of hydrogen-bond acceptors (Lipinski definition) is 3. The number of amides is 1. The lowest BCUT2D eigenvalue weighted by atomic mass is 10.1. The molecule has 1 fully saturated rings. The molecule has 0 aliphatic carbocycles. The van der Waals surface area contributed by atoms with Gasteiger partial charge in [0.15, 0.2) is 0 Å². The Bertz CT molecular complexity index is 679. The lowest BCUT2D eigenvalue weighted by Gasteiger charge is -2.36. The SMILES string of the molecule is Nc1cccc(CC(=O)N2CCN(c3ccc(F)cc3)CC2)c1. The number of benzene rings is 2. The second-order valence-electron chi connectivity index (χ2n) is 5.77. The molecule has 0 saturated carbocycles. The molecule has 2 aromatic rings. The zero-order valence-electron chi connectivity index (χ0n) is 12.9. The molecule has 0 bridgehead atoms. The summed E-state index contributed by atoms with van der Waals surface area (Å²) in [4.78, 5) is 16.4. The maximum Gasteiger partial charge on any atom is 0.227 e. The summed E-state index contributed by atoms with van der Waals surface area (Å²) in [7, 11) is 0. The number of carbonyl (C=O) groups excluding carboxylic acids is 1. The van der Waals surface area contributed by atoms with Crippen molar-refractivity contribution in [3.8, 4) is 0 Å². The molecule has 3 rings (SSSR count). The second-order valence-corrected chi connectivity index (χ2v) is 5.77. The van der Waals surface area contributed by atoms with Crippen LogP contribution in [0.3, 0.4) is 0 Å². The van der Waals surface area contributed by atoms with Crippen LogP contribution < -0.4 is 10.6 Å². The van der Waals surface area contributed by atoms with Crippen LogP contribution in [0.25, 0.3) is 0 Å². The average molecular weight is 313 g/mol. The molecule has 0 aromatic heterocycles. The minimum absolute atomic E-state index is 0.120. The predicted octanol–water partition coefficient (Wildman–Crippen LogP) is 2.30. The third kappa shape index (κ3) is 3.80. The quantitative estimate of drug-likeness (QED) is 0.885. The molecule has 0 spiro atoms. The normalized spacial score (nSPS) is 14.8. The Morgan fingerprint density at radius 2 is 1.74 bits per heavy atom. The van der Waals surface area contributed by atoms with E-state index in [1.165, 1.54) is 12.1 Å². The van der Waals surface area contributed by atoms with Gasteiger partial charge >= 0.3 is 0 Å². The fourth-order valence-electron chi connectivity index (χ4n) is 2.86. The van der Waals surface area contributed by atoms with Crippen LogP contribution in [0.5, 0.6) is 0 Å². The summed E-state index contributed by atoms with van der Waals surface area (Å²) in [6, 6.07) is 13.9. The van der Waals surface area contributed by atoms with E-state index < -0.39 is 0 Å². The third-order valence-corrected chi connectivity index (χ3v) is 4.13. The van der Waals surface area contributed by atoms with Crippen molar-refractivity contribution in [3.63, 3.8) is 0 Å². The fraction of sp³-hybridized carbons (Fsp3) is 0.278. The van der Waals surface area contributed by atoms with E-state index in [1.54, 1.807) is 12.1 Å². The molecule has 5 heteroatoms. The third-order valence-electron chi connectivity index (χ3n) is 4.13. The summed E-state index contributed by atoms with van der Waals surface area (Å²) in [5.74, 6) is -0.112. The second kappa shape index (κ2) is 6.69. The van der Waals surface area contributed by atoms with Crippen LogP contribution in [0, 0.1) is 5.82 Å². The van der Waals surface area contributed by atoms with Crippen LogP contribution in [-0.4, -0.2) is 37.0 Å². The maximum atomic E-state index is 13.0. The van der Waals surface area contributed by atoms with Gasteiger partial charge in [-0.05, 0) is 42.0 Å². The van der Waals surface area contributed by atoms with Crippen molar-refractivity contribution in [3.05, 3.63) is 59.9 Å². The van der Waals surface area contributed by atoms with Crippen molar-refractivity contribution < 1.29 is 9.18 Å². The molecule has 1 amide bonds. The standard InChI is InChI=1S/C18H20FN3O/c19-15-4-6-17(7-5-15)21-8-10-22(11-9-21)18(23)13-14-2-1-3-16(20)12-14/h1-7,12H,8-11,13,20H2. The summed E-state index contributed by atoms with van der Waals surface area (Å²) in [6.07, 6.45) is 0.377. The number of anilines is 2. The Morgan fingerprint density at radius 1 is 1.04 bits per heavy atom. The molecule has 2 aromatic carbocycles. The molecular formula is C18H20FN3O. The molecule has 23 heavy (non-hydrogen) atoms. The zero-order valence-corrected chi connectivity index (χ0v) is 12.9. The van der Waals surface area contributed by atoms with Crippen molar-refractivity contribution >= 4 is 17.3 Å². The number of halogens is 1. The number of rotatable bonds is 3. The Kier molecular flexibility index (Phi) is 4.46. The van der Waals surface area contributed by atoms with Crippen LogP contribution in [0.2, 0.25) is 0 Å². The zero-order chi connectivity index (χ0) is 16.2. The Morgan fingerprint density at radius 3 is 2.39 bits per heavy atom.